The maximum Gasteiger partial charge on any atom is 0.256 e. The zero-order valence-corrected chi connectivity index (χ0v) is 20.2. The SMILES string of the molecule is CCCCC[C@H](C)CN(CCC)C(=O)c1cn(CC2CCCC2)c2c(OC)cccc12. The molecular formula is C27H42N2O2. The number of ether oxygens (including phenoxy) is 1. The van der Waals surface area contributed by atoms with E-state index in [1.807, 2.05) is 12.1 Å². The van der Waals surface area contributed by atoms with E-state index in [2.05, 4.69) is 42.5 Å². The van der Waals surface area contributed by atoms with E-state index < -0.39 is 0 Å². The smallest absolute Gasteiger partial charge is 0.256 e. The molecule has 1 atom stereocenters. The second kappa shape index (κ2) is 11.6. The lowest BCUT2D eigenvalue weighted by atomic mass is 10.0. The van der Waals surface area contributed by atoms with Gasteiger partial charge < -0.3 is 14.2 Å². The number of carbonyl (C=O) groups excluding carboxylic acids is 1. The molecule has 0 aliphatic heterocycles. The van der Waals surface area contributed by atoms with Crippen molar-refractivity contribution in [3.63, 3.8) is 0 Å². The van der Waals surface area contributed by atoms with Crippen LogP contribution in [0.1, 0.15) is 88.9 Å². The average Bonchev–Trinajstić information content (AvgIpc) is 3.41. The van der Waals surface area contributed by atoms with E-state index in [0.29, 0.717) is 11.8 Å². The van der Waals surface area contributed by atoms with Crippen LogP contribution in [-0.4, -0.2) is 35.6 Å². The van der Waals surface area contributed by atoms with Crippen molar-refractivity contribution in [1.29, 1.82) is 0 Å². The Hall–Kier alpha value is -1.97. The number of benzene rings is 1. The van der Waals surface area contributed by atoms with E-state index in [1.54, 1.807) is 7.11 Å². The number of amides is 1. The van der Waals surface area contributed by atoms with Crippen molar-refractivity contribution in [3.8, 4) is 5.75 Å². The van der Waals surface area contributed by atoms with Crippen LogP contribution in [0.25, 0.3) is 10.9 Å². The molecular weight excluding hydrogens is 384 g/mol. The van der Waals surface area contributed by atoms with Crippen LogP contribution >= 0.6 is 0 Å². The summed E-state index contributed by atoms with van der Waals surface area (Å²) in [6, 6.07) is 6.11. The number of rotatable bonds is 12. The van der Waals surface area contributed by atoms with Crippen LogP contribution in [0.3, 0.4) is 0 Å². The normalized spacial score (nSPS) is 15.5. The Morgan fingerprint density at radius 3 is 2.65 bits per heavy atom. The molecule has 4 nitrogen and oxygen atoms in total. The predicted molar refractivity (Wildman–Crippen MR) is 130 cm³/mol. The number of para-hydroxylation sites is 1. The van der Waals surface area contributed by atoms with Crippen molar-refractivity contribution in [2.45, 2.75) is 85.1 Å². The van der Waals surface area contributed by atoms with Crippen molar-refractivity contribution < 1.29 is 9.53 Å². The van der Waals surface area contributed by atoms with Gasteiger partial charge in [0, 0.05) is 31.2 Å². The second-order valence-electron chi connectivity index (χ2n) is 9.55. The predicted octanol–water partition coefficient (Wildman–Crippen LogP) is 6.91. The molecule has 2 aromatic rings. The molecule has 1 aromatic carbocycles. The Kier molecular flexibility index (Phi) is 8.86. The molecule has 1 heterocycles. The minimum absolute atomic E-state index is 0.174. The number of unbranched alkanes of at least 4 members (excludes halogenated alkanes) is 2. The third kappa shape index (κ3) is 5.84. The maximum absolute atomic E-state index is 13.7. The Morgan fingerprint density at radius 2 is 1.97 bits per heavy atom. The lowest BCUT2D eigenvalue weighted by Gasteiger charge is -2.25. The van der Waals surface area contributed by atoms with Gasteiger partial charge in [-0.3, -0.25) is 4.79 Å². The maximum atomic E-state index is 13.7. The fourth-order valence-corrected chi connectivity index (χ4v) is 5.20. The minimum atomic E-state index is 0.174. The molecule has 172 valence electrons. The fourth-order valence-electron chi connectivity index (χ4n) is 5.20. The third-order valence-corrected chi connectivity index (χ3v) is 6.85. The first kappa shape index (κ1) is 23.7. The summed E-state index contributed by atoms with van der Waals surface area (Å²) in [5.74, 6) is 2.27. The number of carbonyl (C=O) groups is 1. The molecule has 0 N–H and O–H groups in total. The van der Waals surface area contributed by atoms with E-state index in [4.69, 9.17) is 4.74 Å². The van der Waals surface area contributed by atoms with Gasteiger partial charge in [-0.25, -0.2) is 0 Å². The van der Waals surface area contributed by atoms with Crippen LogP contribution in [0.2, 0.25) is 0 Å². The number of methoxy groups -OCH3 is 1. The molecule has 1 aliphatic carbocycles. The van der Waals surface area contributed by atoms with Crippen molar-refractivity contribution in [2.24, 2.45) is 11.8 Å². The summed E-state index contributed by atoms with van der Waals surface area (Å²) in [5, 5.41) is 1.03. The van der Waals surface area contributed by atoms with Gasteiger partial charge in [0.2, 0.25) is 0 Å². The largest absolute Gasteiger partial charge is 0.495 e. The highest BCUT2D eigenvalue weighted by Crippen LogP contribution is 2.34. The van der Waals surface area contributed by atoms with Crippen LogP contribution < -0.4 is 4.74 Å². The highest BCUT2D eigenvalue weighted by molar-refractivity contribution is 6.08. The van der Waals surface area contributed by atoms with E-state index in [9.17, 15) is 4.79 Å². The van der Waals surface area contributed by atoms with E-state index >= 15 is 0 Å². The highest BCUT2D eigenvalue weighted by atomic mass is 16.5. The van der Waals surface area contributed by atoms with Gasteiger partial charge in [-0.1, -0.05) is 65.0 Å². The van der Waals surface area contributed by atoms with Gasteiger partial charge in [-0.15, -0.1) is 0 Å². The molecule has 4 heteroatoms. The topological polar surface area (TPSA) is 34.5 Å². The fraction of sp³-hybridized carbons (Fsp3) is 0.667. The number of aromatic nitrogens is 1. The summed E-state index contributed by atoms with van der Waals surface area (Å²) in [7, 11) is 1.73. The summed E-state index contributed by atoms with van der Waals surface area (Å²) >= 11 is 0. The van der Waals surface area contributed by atoms with Gasteiger partial charge in [-0.2, -0.15) is 0 Å². The second-order valence-corrected chi connectivity index (χ2v) is 9.55. The van der Waals surface area contributed by atoms with Crippen LogP contribution in [0.5, 0.6) is 5.75 Å². The van der Waals surface area contributed by atoms with Crippen LogP contribution in [0.15, 0.2) is 24.4 Å². The van der Waals surface area contributed by atoms with E-state index in [1.165, 1.54) is 51.4 Å². The quantitative estimate of drug-likeness (QED) is 0.346. The van der Waals surface area contributed by atoms with E-state index in [0.717, 1.165) is 48.3 Å². The lowest BCUT2D eigenvalue weighted by Crippen LogP contribution is -2.35. The third-order valence-electron chi connectivity index (χ3n) is 6.85. The first-order valence-electron chi connectivity index (χ1n) is 12.5. The molecule has 1 aromatic heterocycles. The molecule has 31 heavy (non-hydrogen) atoms. The minimum Gasteiger partial charge on any atom is -0.495 e. The first-order chi connectivity index (χ1) is 15.1. The van der Waals surface area contributed by atoms with Crippen molar-refractivity contribution in [2.75, 3.05) is 20.2 Å². The zero-order chi connectivity index (χ0) is 22.2. The Morgan fingerprint density at radius 1 is 1.19 bits per heavy atom. The van der Waals surface area contributed by atoms with Gasteiger partial charge in [0.25, 0.3) is 5.91 Å². The molecule has 0 bridgehead atoms. The molecule has 1 aliphatic rings. The van der Waals surface area contributed by atoms with Gasteiger partial charge in [0.05, 0.1) is 18.2 Å². The molecule has 3 rings (SSSR count). The number of fused-ring (bicyclic) bond motifs is 1. The molecule has 0 spiro atoms. The molecule has 0 saturated heterocycles. The van der Waals surface area contributed by atoms with E-state index in [-0.39, 0.29) is 5.91 Å². The summed E-state index contributed by atoms with van der Waals surface area (Å²) in [6.07, 6.45) is 13.3. The zero-order valence-electron chi connectivity index (χ0n) is 20.2. The van der Waals surface area contributed by atoms with Crippen molar-refractivity contribution >= 4 is 16.8 Å². The van der Waals surface area contributed by atoms with Crippen LogP contribution in [0, 0.1) is 11.8 Å². The first-order valence-corrected chi connectivity index (χ1v) is 12.5. The van der Waals surface area contributed by atoms with Gasteiger partial charge in [0.15, 0.2) is 0 Å². The molecule has 1 amide bonds. The monoisotopic (exact) mass is 426 g/mol. The van der Waals surface area contributed by atoms with Crippen LogP contribution in [0.4, 0.5) is 0 Å². The lowest BCUT2D eigenvalue weighted by molar-refractivity contribution is 0.0730. The van der Waals surface area contributed by atoms with Gasteiger partial charge >= 0.3 is 0 Å². The summed E-state index contributed by atoms with van der Waals surface area (Å²) in [4.78, 5) is 15.8. The number of nitrogens with zero attached hydrogens (tertiary/aromatic N) is 2. The molecule has 0 radical (unpaired) electrons. The van der Waals surface area contributed by atoms with Crippen molar-refractivity contribution in [1.82, 2.24) is 9.47 Å². The number of hydrogen-bond acceptors (Lipinski definition) is 2. The summed E-state index contributed by atoms with van der Waals surface area (Å²) in [5.41, 5.74) is 1.91. The van der Waals surface area contributed by atoms with Crippen LogP contribution in [-0.2, 0) is 6.54 Å². The standard InChI is InChI=1S/C27H42N2O2/c1-5-7-8-12-21(3)18-28(17-6-2)27(30)24-20-29(19-22-13-9-10-14-22)26-23(24)15-11-16-25(26)31-4/h11,15-16,20-22H,5-10,12-14,17-19H2,1-4H3/t21-/m0/s1. The number of hydrogen-bond donors (Lipinski definition) is 0. The summed E-state index contributed by atoms with van der Waals surface area (Å²) in [6.45, 7) is 9.33. The van der Waals surface area contributed by atoms with Gasteiger partial charge in [-0.05, 0) is 43.6 Å². The van der Waals surface area contributed by atoms with Gasteiger partial charge in [0.1, 0.15) is 5.75 Å². The highest BCUT2D eigenvalue weighted by Gasteiger charge is 2.25. The molecule has 1 saturated carbocycles. The Bertz CT molecular complexity index is 835. The average molecular weight is 427 g/mol. The van der Waals surface area contributed by atoms with Crippen molar-refractivity contribution in [3.05, 3.63) is 30.0 Å². The molecule has 0 unspecified atom stereocenters. The Balaban J connectivity index is 1.88. The Labute approximate surface area is 188 Å². The molecule has 1 fully saturated rings. The summed E-state index contributed by atoms with van der Waals surface area (Å²) < 4.78 is 8.01.